The molecule has 0 radical (unpaired) electrons. The summed E-state index contributed by atoms with van der Waals surface area (Å²) in [6.45, 7) is 3.69. The van der Waals surface area contributed by atoms with Crippen LogP contribution in [0.15, 0.2) is 15.9 Å². The lowest BCUT2D eigenvalue weighted by atomic mass is 9.85. The number of hydrogen-bond donors (Lipinski definition) is 0. The zero-order valence-electron chi connectivity index (χ0n) is 9.37. The van der Waals surface area contributed by atoms with Gasteiger partial charge in [0.05, 0.1) is 5.69 Å². The van der Waals surface area contributed by atoms with Gasteiger partial charge in [0.25, 0.3) is 5.22 Å². The first kappa shape index (κ1) is 12.5. The van der Waals surface area contributed by atoms with E-state index in [1.165, 1.54) is 0 Å². The predicted molar refractivity (Wildman–Crippen MR) is 68.2 cm³/mol. The molecule has 2 rings (SSSR count). The van der Waals surface area contributed by atoms with Crippen LogP contribution >= 0.6 is 27.7 Å². The number of nitrogens with zero attached hydrogens (tertiary/aromatic N) is 1. The lowest BCUT2D eigenvalue weighted by Crippen LogP contribution is -2.33. The van der Waals surface area contributed by atoms with Crippen molar-refractivity contribution in [3.05, 3.63) is 12.0 Å². The minimum atomic E-state index is 0.339. The van der Waals surface area contributed by atoms with E-state index in [1.807, 2.05) is 6.92 Å². The summed E-state index contributed by atoms with van der Waals surface area (Å²) in [6.07, 6.45) is 3.93. The van der Waals surface area contributed by atoms with Crippen LogP contribution in [0.2, 0.25) is 0 Å². The maximum atomic E-state index is 5.41. The highest BCUT2D eigenvalue weighted by Gasteiger charge is 2.32. The van der Waals surface area contributed by atoms with Gasteiger partial charge in [-0.25, -0.2) is 4.98 Å². The van der Waals surface area contributed by atoms with E-state index in [-0.39, 0.29) is 0 Å². The Balaban J connectivity index is 1.91. The summed E-state index contributed by atoms with van der Waals surface area (Å²) in [6, 6.07) is 0. The van der Waals surface area contributed by atoms with Crippen LogP contribution in [0.4, 0.5) is 0 Å². The molecule has 5 heteroatoms. The monoisotopic (exact) mass is 305 g/mol. The van der Waals surface area contributed by atoms with E-state index in [2.05, 4.69) is 20.9 Å². The third kappa shape index (κ3) is 3.02. The molecule has 3 nitrogen and oxygen atoms in total. The fourth-order valence-corrected chi connectivity index (χ4v) is 3.90. The van der Waals surface area contributed by atoms with Crippen LogP contribution in [-0.2, 0) is 4.74 Å². The molecule has 90 valence electrons. The molecular weight excluding hydrogens is 290 g/mol. The van der Waals surface area contributed by atoms with E-state index in [9.17, 15) is 0 Å². The Labute approximate surface area is 108 Å². The number of alkyl halides is 1. The van der Waals surface area contributed by atoms with Gasteiger partial charge in [-0.1, -0.05) is 27.7 Å². The maximum Gasteiger partial charge on any atom is 0.255 e. The Bertz CT molecular complexity index is 336. The zero-order chi connectivity index (χ0) is 11.4. The molecule has 1 aliphatic rings. The number of halogens is 1. The van der Waals surface area contributed by atoms with Gasteiger partial charge in [0.1, 0.15) is 6.26 Å². The molecular formula is C11H16BrNO2S. The van der Waals surface area contributed by atoms with E-state index >= 15 is 0 Å². The molecule has 0 bridgehead atoms. The Morgan fingerprint density at radius 1 is 1.50 bits per heavy atom. The highest BCUT2D eigenvalue weighted by molar-refractivity contribution is 9.09. The van der Waals surface area contributed by atoms with Crippen LogP contribution in [-0.4, -0.2) is 29.3 Å². The molecule has 1 aromatic rings. The summed E-state index contributed by atoms with van der Waals surface area (Å²) >= 11 is 5.33. The first-order chi connectivity index (χ1) is 7.74. The average Bonchev–Trinajstić information content (AvgIpc) is 2.74. The van der Waals surface area contributed by atoms with Crippen LogP contribution in [0.25, 0.3) is 0 Å². The van der Waals surface area contributed by atoms with Gasteiger partial charge in [-0.2, -0.15) is 0 Å². The average molecular weight is 306 g/mol. The molecule has 0 aliphatic carbocycles. The minimum absolute atomic E-state index is 0.339. The van der Waals surface area contributed by atoms with Gasteiger partial charge in [0.15, 0.2) is 0 Å². The number of aryl methyl sites for hydroxylation is 1. The Morgan fingerprint density at radius 3 is 2.81 bits per heavy atom. The summed E-state index contributed by atoms with van der Waals surface area (Å²) in [5.41, 5.74) is 1.29. The summed E-state index contributed by atoms with van der Waals surface area (Å²) in [7, 11) is 0. The molecule has 1 aromatic heterocycles. The smallest absolute Gasteiger partial charge is 0.255 e. The summed E-state index contributed by atoms with van der Waals surface area (Å²) in [5, 5.41) is 1.81. The fraction of sp³-hybridized carbons (Fsp3) is 0.727. The van der Waals surface area contributed by atoms with Crippen LogP contribution in [0, 0.1) is 12.3 Å². The minimum Gasteiger partial charge on any atom is -0.440 e. The Hall–Kier alpha value is -0.000000000000000139. The van der Waals surface area contributed by atoms with Crippen molar-refractivity contribution >= 4 is 27.7 Å². The quantitative estimate of drug-likeness (QED) is 0.632. The van der Waals surface area contributed by atoms with Crippen LogP contribution in [0.3, 0.4) is 0 Å². The van der Waals surface area contributed by atoms with Crippen molar-refractivity contribution in [2.24, 2.45) is 5.41 Å². The molecule has 1 saturated heterocycles. The molecule has 0 aromatic carbocycles. The summed E-state index contributed by atoms with van der Waals surface area (Å²) in [5.74, 6) is 1.04. The van der Waals surface area contributed by atoms with Crippen molar-refractivity contribution in [2.75, 3.05) is 24.3 Å². The second-order valence-corrected chi connectivity index (χ2v) is 5.78. The molecule has 0 unspecified atom stereocenters. The fourth-order valence-electron chi connectivity index (χ4n) is 1.73. The topological polar surface area (TPSA) is 35.3 Å². The number of thioether (sulfide) groups is 1. The van der Waals surface area contributed by atoms with E-state index in [0.717, 1.165) is 48.1 Å². The molecule has 1 aliphatic heterocycles. The molecule has 0 N–H and O–H groups in total. The Kier molecular flexibility index (Phi) is 4.33. The Morgan fingerprint density at radius 2 is 2.25 bits per heavy atom. The van der Waals surface area contributed by atoms with E-state index < -0.39 is 0 Å². The number of ether oxygens (including phenoxy) is 1. The van der Waals surface area contributed by atoms with Crippen molar-refractivity contribution in [1.29, 1.82) is 0 Å². The third-order valence-corrected chi connectivity index (χ3v) is 5.32. The normalized spacial score (nSPS) is 19.9. The molecule has 0 spiro atoms. The molecule has 0 saturated carbocycles. The second kappa shape index (κ2) is 5.56. The predicted octanol–water partition coefficient (Wildman–Crippen LogP) is 3.27. The number of aromatic nitrogens is 1. The maximum absolute atomic E-state index is 5.41. The van der Waals surface area contributed by atoms with Gasteiger partial charge in [-0.05, 0) is 25.2 Å². The lowest BCUT2D eigenvalue weighted by molar-refractivity contribution is 0.0374. The van der Waals surface area contributed by atoms with E-state index in [1.54, 1.807) is 18.0 Å². The van der Waals surface area contributed by atoms with Gasteiger partial charge >= 0.3 is 0 Å². The van der Waals surface area contributed by atoms with E-state index in [0.29, 0.717) is 5.41 Å². The van der Waals surface area contributed by atoms with Gasteiger partial charge < -0.3 is 9.15 Å². The highest BCUT2D eigenvalue weighted by Crippen LogP contribution is 2.37. The first-order valence-electron chi connectivity index (χ1n) is 5.43. The van der Waals surface area contributed by atoms with Crippen LogP contribution in [0.1, 0.15) is 18.5 Å². The van der Waals surface area contributed by atoms with Crippen molar-refractivity contribution in [1.82, 2.24) is 4.98 Å². The zero-order valence-corrected chi connectivity index (χ0v) is 11.8. The van der Waals surface area contributed by atoms with Crippen LogP contribution in [0.5, 0.6) is 0 Å². The largest absolute Gasteiger partial charge is 0.440 e. The van der Waals surface area contributed by atoms with Crippen molar-refractivity contribution in [2.45, 2.75) is 25.0 Å². The van der Waals surface area contributed by atoms with Crippen molar-refractivity contribution in [3.63, 3.8) is 0 Å². The van der Waals surface area contributed by atoms with Gasteiger partial charge in [0.2, 0.25) is 0 Å². The highest BCUT2D eigenvalue weighted by atomic mass is 79.9. The van der Waals surface area contributed by atoms with E-state index in [4.69, 9.17) is 9.15 Å². The summed E-state index contributed by atoms with van der Waals surface area (Å²) in [4.78, 5) is 4.31. The lowest BCUT2D eigenvalue weighted by Gasteiger charge is -2.34. The van der Waals surface area contributed by atoms with Crippen LogP contribution < -0.4 is 0 Å². The number of hydrogen-bond acceptors (Lipinski definition) is 4. The first-order valence-corrected chi connectivity index (χ1v) is 7.53. The van der Waals surface area contributed by atoms with Gasteiger partial charge in [-0.3, -0.25) is 0 Å². The molecule has 16 heavy (non-hydrogen) atoms. The standard InChI is InChI=1S/C11H16BrNO2S/c1-9-6-15-10(13-9)16-8-11(7-12)2-4-14-5-3-11/h6H,2-5,7-8H2,1H3. The molecule has 1 fully saturated rings. The number of oxazole rings is 1. The van der Waals surface area contributed by atoms with Gasteiger partial charge in [0, 0.05) is 24.3 Å². The van der Waals surface area contributed by atoms with Crippen molar-refractivity contribution < 1.29 is 9.15 Å². The summed E-state index contributed by atoms with van der Waals surface area (Å²) < 4.78 is 10.8. The number of rotatable bonds is 4. The third-order valence-electron chi connectivity index (χ3n) is 2.94. The SMILES string of the molecule is Cc1coc(SCC2(CBr)CCOCC2)n1. The second-order valence-electron chi connectivity index (χ2n) is 4.29. The van der Waals surface area contributed by atoms with Crippen molar-refractivity contribution in [3.8, 4) is 0 Å². The molecule has 0 amide bonds. The molecule has 0 atom stereocenters. The van der Waals surface area contributed by atoms with Gasteiger partial charge in [-0.15, -0.1) is 0 Å². The molecule has 2 heterocycles.